The zero-order valence-electron chi connectivity index (χ0n) is 17.8. The summed E-state index contributed by atoms with van der Waals surface area (Å²) in [7, 11) is -3.64. The van der Waals surface area contributed by atoms with E-state index in [9.17, 15) is 13.2 Å². The molecule has 2 aromatic rings. The van der Waals surface area contributed by atoms with Crippen LogP contribution >= 0.6 is 11.3 Å². The van der Waals surface area contributed by atoms with Crippen LogP contribution in [0, 0.1) is 5.92 Å². The van der Waals surface area contributed by atoms with E-state index in [4.69, 9.17) is 0 Å². The van der Waals surface area contributed by atoms with Crippen LogP contribution in [0.1, 0.15) is 61.5 Å². The van der Waals surface area contributed by atoms with Gasteiger partial charge >= 0.3 is 0 Å². The number of hydrogen-bond acceptors (Lipinski definition) is 6. The van der Waals surface area contributed by atoms with Crippen molar-refractivity contribution in [2.24, 2.45) is 5.92 Å². The molecular weight excluding hydrogens is 432 g/mol. The molecule has 2 aliphatic rings. The summed E-state index contributed by atoms with van der Waals surface area (Å²) in [6, 6.07) is 6.15. The monoisotopic (exact) mass is 462 g/mol. The summed E-state index contributed by atoms with van der Waals surface area (Å²) < 4.78 is 28.1. The zero-order chi connectivity index (χ0) is 21.8. The van der Waals surface area contributed by atoms with E-state index in [1.807, 2.05) is 5.38 Å². The molecule has 1 aromatic heterocycles. The first-order valence-corrected chi connectivity index (χ1v) is 13.4. The quantitative estimate of drug-likeness (QED) is 0.652. The van der Waals surface area contributed by atoms with Crippen LogP contribution in [0.25, 0.3) is 0 Å². The van der Waals surface area contributed by atoms with Gasteiger partial charge in [0.25, 0.3) is 5.91 Å². The summed E-state index contributed by atoms with van der Waals surface area (Å²) in [5.41, 5.74) is 1.25. The van der Waals surface area contributed by atoms with Gasteiger partial charge in [-0.3, -0.25) is 15.0 Å². The van der Waals surface area contributed by atoms with Crippen LogP contribution in [0.5, 0.6) is 0 Å². The second-order valence-corrected chi connectivity index (χ2v) is 11.3. The predicted molar refractivity (Wildman–Crippen MR) is 123 cm³/mol. The Morgan fingerprint density at radius 3 is 2.68 bits per heavy atom. The van der Waals surface area contributed by atoms with Crippen LogP contribution < -0.4 is 10.0 Å². The Balaban J connectivity index is 1.38. The number of anilines is 1. The van der Waals surface area contributed by atoms with Gasteiger partial charge in [0, 0.05) is 23.5 Å². The third kappa shape index (κ3) is 5.91. The number of nitrogens with one attached hydrogen (secondary N) is 2. The van der Waals surface area contributed by atoms with Crippen LogP contribution in [0.2, 0.25) is 0 Å². The molecule has 4 rings (SSSR count). The maximum atomic E-state index is 12.7. The zero-order valence-corrected chi connectivity index (χ0v) is 19.5. The van der Waals surface area contributed by atoms with Crippen LogP contribution in [0.3, 0.4) is 0 Å². The van der Waals surface area contributed by atoms with Gasteiger partial charge in [0.15, 0.2) is 5.13 Å². The van der Waals surface area contributed by atoms with Gasteiger partial charge in [-0.2, -0.15) is 0 Å². The van der Waals surface area contributed by atoms with E-state index in [2.05, 4.69) is 26.8 Å². The third-order valence-electron chi connectivity index (χ3n) is 6.12. The van der Waals surface area contributed by atoms with Crippen molar-refractivity contribution in [2.75, 3.05) is 18.4 Å². The molecule has 0 spiro atoms. The molecule has 1 saturated carbocycles. The average Bonchev–Trinajstić information content (AvgIpc) is 3.41. The van der Waals surface area contributed by atoms with E-state index in [-0.39, 0.29) is 16.8 Å². The number of nitrogens with zero attached hydrogens (tertiary/aromatic N) is 2. The molecule has 0 atom stereocenters. The lowest BCUT2D eigenvalue weighted by Gasteiger charge is -2.29. The molecule has 2 heterocycles. The molecule has 1 saturated heterocycles. The minimum Gasteiger partial charge on any atom is -0.298 e. The van der Waals surface area contributed by atoms with Crippen LogP contribution in [0.4, 0.5) is 5.13 Å². The molecule has 31 heavy (non-hydrogen) atoms. The number of likely N-dealkylation sites (tertiary alicyclic amines) is 1. The number of sulfonamides is 1. The number of piperidine rings is 1. The SMILES string of the molecule is CC1CCN(Cc2csc(NC(=O)c3cccc(S(=O)(=O)NC4CCCC4)c3)n2)CC1. The molecule has 0 radical (unpaired) electrons. The standard InChI is InChI=1S/C22H30N4O3S2/c1-16-9-11-26(12-10-16)14-19-15-30-22(23-19)24-21(27)17-5-4-8-20(13-17)31(28,29)25-18-6-2-3-7-18/h4-5,8,13,15-16,18,25H,2-3,6-7,9-12,14H2,1H3,(H,23,24,27). The van der Waals surface area contributed by atoms with Gasteiger partial charge in [-0.1, -0.05) is 25.8 Å². The molecule has 1 aliphatic carbocycles. The predicted octanol–water partition coefficient (Wildman–Crippen LogP) is 3.85. The maximum absolute atomic E-state index is 12.7. The molecule has 168 valence electrons. The lowest BCUT2D eigenvalue weighted by molar-refractivity contribution is 0.102. The highest BCUT2D eigenvalue weighted by atomic mass is 32.2. The number of amides is 1. The molecule has 1 amide bonds. The number of thiazole rings is 1. The highest BCUT2D eigenvalue weighted by molar-refractivity contribution is 7.89. The Morgan fingerprint density at radius 1 is 1.19 bits per heavy atom. The number of carbonyl (C=O) groups excluding carboxylic acids is 1. The average molecular weight is 463 g/mol. The van der Waals surface area contributed by atoms with Gasteiger partial charge in [-0.05, 0) is 62.9 Å². The minimum atomic E-state index is -3.64. The number of rotatable bonds is 7. The van der Waals surface area contributed by atoms with Crippen molar-refractivity contribution in [2.45, 2.75) is 62.9 Å². The van der Waals surface area contributed by atoms with Crippen molar-refractivity contribution in [3.63, 3.8) is 0 Å². The molecule has 2 N–H and O–H groups in total. The van der Waals surface area contributed by atoms with Gasteiger partial charge in [-0.15, -0.1) is 11.3 Å². The van der Waals surface area contributed by atoms with Crippen molar-refractivity contribution in [1.82, 2.24) is 14.6 Å². The Bertz CT molecular complexity index is 1010. The van der Waals surface area contributed by atoms with Gasteiger partial charge in [0.05, 0.1) is 10.6 Å². The van der Waals surface area contributed by atoms with E-state index in [1.54, 1.807) is 12.1 Å². The van der Waals surface area contributed by atoms with Crippen LogP contribution in [0.15, 0.2) is 34.5 Å². The molecular formula is C22H30N4O3S2. The first-order chi connectivity index (χ1) is 14.9. The van der Waals surface area contributed by atoms with Crippen molar-refractivity contribution in [1.29, 1.82) is 0 Å². The molecule has 2 fully saturated rings. The van der Waals surface area contributed by atoms with E-state index < -0.39 is 10.0 Å². The second kappa shape index (κ2) is 9.77. The lowest BCUT2D eigenvalue weighted by atomic mass is 9.99. The van der Waals surface area contributed by atoms with Crippen molar-refractivity contribution in [3.05, 3.63) is 40.9 Å². The third-order valence-corrected chi connectivity index (χ3v) is 8.44. The molecule has 0 bridgehead atoms. The highest BCUT2D eigenvalue weighted by Gasteiger charge is 2.24. The fourth-order valence-corrected chi connectivity index (χ4v) is 6.24. The number of carbonyl (C=O) groups is 1. The van der Waals surface area contributed by atoms with Crippen molar-refractivity contribution in [3.8, 4) is 0 Å². The highest BCUT2D eigenvalue weighted by Crippen LogP contribution is 2.23. The maximum Gasteiger partial charge on any atom is 0.257 e. The Hall–Kier alpha value is -1.81. The number of aromatic nitrogens is 1. The van der Waals surface area contributed by atoms with Gasteiger partial charge in [-0.25, -0.2) is 18.1 Å². The van der Waals surface area contributed by atoms with Crippen LogP contribution in [-0.2, 0) is 16.6 Å². The second-order valence-electron chi connectivity index (χ2n) is 8.69. The molecule has 1 aliphatic heterocycles. The number of hydrogen-bond donors (Lipinski definition) is 2. The summed E-state index contributed by atoms with van der Waals surface area (Å²) in [6.07, 6.45) is 6.24. The van der Waals surface area contributed by atoms with E-state index in [1.165, 1.54) is 36.3 Å². The van der Waals surface area contributed by atoms with E-state index in [0.29, 0.717) is 10.7 Å². The fraction of sp³-hybridized carbons (Fsp3) is 0.545. The smallest absolute Gasteiger partial charge is 0.257 e. The molecule has 1 aromatic carbocycles. The lowest BCUT2D eigenvalue weighted by Crippen LogP contribution is -2.32. The van der Waals surface area contributed by atoms with Gasteiger partial charge in [0.2, 0.25) is 10.0 Å². The summed E-state index contributed by atoms with van der Waals surface area (Å²) in [5.74, 6) is 0.431. The summed E-state index contributed by atoms with van der Waals surface area (Å²) in [4.78, 5) is 19.8. The number of benzene rings is 1. The Labute approximate surface area is 188 Å². The topological polar surface area (TPSA) is 91.4 Å². The van der Waals surface area contributed by atoms with E-state index in [0.717, 1.165) is 56.9 Å². The van der Waals surface area contributed by atoms with Gasteiger partial charge < -0.3 is 0 Å². The summed E-state index contributed by atoms with van der Waals surface area (Å²) in [5, 5.41) is 5.31. The van der Waals surface area contributed by atoms with Crippen molar-refractivity contribution >= 4 is 32.4 Å². The first-order valence-electron chi connectivity index (χ1n) is 11.0. The molecule has 9 heteroatoms. The summed E-state index contributed by atoms with van der Waals surface area (Å²) in [6.45, 7) is 5.24. The molecule has 0 unspecified atom stereocenters. The normalized spacial score (nSPS) is 19.0. The van der Waals surface area contributed by atoms with Crippen LogP contribution in [-0.4, -0.2) is 43.3 Å². The summed E-state index contributed by atoms with van der Waals surface area (Å²) >= 11 is 1.39. The largest absolute Gasteiger partial charge is 0.298 e. The van der Waals surface area contributed by atoms with E-state index >= 15 is 0 Å². The van der Waals surface area contributed by atoms with Gasteiger partial charge in [0.1, 0.15) is 0 Å². The Morgan fingerprint density at radius 2 is 1.94 bits per heavy atom. The molecule has 7 nitrogen and oxygen atoms in total. The van der Waals surface area contributed by atoms with Crippen molar-refractivity contribution < 1.29 is 13.2 Å². The Kier molecular flexibility index (Phi) is 7.05. The first kappa shape index (κ1) is 22.4. The minimum absolute atomic E-state index is 0.0145. The fourth-order valence-electron chi connectivity index (χ4n) is 4.19.